The van der Waals surface area contributed by atoms with E-state index in [0.29, 0.717) is 18.7 Å². The minimum absolute atomic E-state index is 0.397. The highest BCUT2D eigenvalue weighted by Gasteiger charge is 2.20. The summed E-state index contributed by atoms with van der Waals surface area (Å²) in [6.07, 6.45) is 0.891. The van der Waals surface area contributed by atoms with Crippen molar-refractivity contribution in [3.8, 4) is 0 Å². The van der Waals surface area contributed by atoms with E-state index in [1.54, 1.807) is 0 Å². The number of carboxylic acid groups (broad SMARTS) is 1. The van der Waals surface area contributed by atoms with Crippen molar-refractivity contribution in [2.45, 2.75) is 33.7 Å². The van der Waals surface area contributed by atoms with Gasteiger partial charge in [-0.1, -0.05) is 19.1 Å². The highest BCUT2D eigenvalue weighted by molar-refractivity contribution is 6.05. The van der Waals surface area contributed by atoms with Crippen LogP contribution in [-0.2, 0) is 13.0 Å². The number of carbonyl (C=O) groups is 1. The normalized spacial score (nSPS) is 11.2. The first-order valence-corrected chi connectivity index (χ1v) is 6.57. The van der Waals surface area contributed by atoms with Crippen LogP contribution in [0.3, 0.4) is 0 Å². The molecule has 0 atom stereocenters. The van der Waals surface area contributed by atoms with Crippen LogP contribution in [-0.4, -0.2) is 22.2 Å². The van der Waals surface area contributed by atoms with Gasteiger partial charge in [0.25, 0.3) is 0 Å². The van der Waals surface area contributed by atoms with Gasteiger partial charge in [-0.3, -0.25) is 0 Å². The van der Waals surface area contributed by atoms with Crippen molar-refractivity contribution >= 4 is 16.9 Å². The zero-order chi connectivity index (χ0) is 14.2. The summed E-state index contributed by atoms with van der Waals surface area (Å²) in [4.78, 5) is 11.6. The van der Waals surface area contributed by atoms with Crippen molar-refractivity contribution in [3.05, 3.63) is 34.5 Å². The summed E-state index contributed by atoms with van der Waals surface area (Å²) in [7, 11) is 0. The lowest BCUT2D eigenvalue weighted by Crippen LogP contribution is -2.13. The van der Waals surface area contributed by atoms with Crippen LogP contribution in [0.1, 0.15) is 34.1 Å². The van der Waals surface area contributed by atoms with Gasteiger partial charge in [-0.05, 0) is 31.4 Å². The lowest BCUT2D eigenvalue weighted by Gasteiger charge is -2.10. The molecule has 2 rings (SSSR count). The van der Waals surface area contributed by atoms with Gasteiger partial charge in [-0.15, -0.1) is 0 Å². The first-order chi connectivity index (χ1) is 9.02. The Labute approximate surface area is 112 Å². The summed E-state index contributed by atoms with van der Waals surface area (Å²) in [5, 5.41) is 10.5. The predicted molar refractivity (Wildman–Crippen MR) is 76.8 cm³/mol. The molecule has 0 spiro atoms. The van der Waals surface area contributed by atoms with Crippen molar-refractivity contribution in [3.63, 3.8) is 0 Å². The maximum atomic E-state index is 11.6. The van der Waals surface area contributed by atoms with Gasteiger partial charge in [0.15, 0.2) is 0 Å². The quantitative estimate of drug-likeness (QED) is 0.887. The monoisotopic (exact) mass is 260 g/mol. The molecule has 1 aromatic carbocycles. The Balaban J connectivity index is 2.94. The van der Waals surface area contributed by atoms with Crippen LogP contribution in [0.5, 0.6) is 0 Å². The third-order valence-corrected chi connectivity index (χ3v) is 3.74. The maximum absolute atomic E-state index is 11.6. The standard InChI is InChI=1S/C15H20N2O2/c1-4-11-10(3)17(8-7-16)14-12(11)6-5-9(2)13(14)15(18)19/h5-6H,4,7-8,16H2,1-3H3,(H,18,19). The Kier molecular flexibility index (Phi) is 3.62. The topological polar surface area (TPSA) is 68.2 Å². The minimum Gasteiger partial charge on any atom is -0.478 e. The van der Waals surface area contributed by atoms with Gasteiger partial charge in [0.2, 0.25) is 0 Å². The number of carboxylic acids is 1. The fourth-order valence-corrected chi connectivity index (χ4v) is 2.87. The second kappa shape index (κ2) is 5.05. The van der Waals surface area contributed by atoms with Gasteiger partial charge < -0.3 is 15.4 Å². The molecule has 4 nitrogen and oxygen atoms in total. The van der Waals surface area contributed by atoms with Gasteiger partial charge in [-0.2, -0.15) is 0 Å². The highest BCUT2D eigenvalue weighted by atomic mass is 16.4. The number of aromatic carboxylic acids is 1. The predicted octanol–water partition coefficient (Wildman–Crippen LogP) is 2.48. The number of hydrogen-bond donors (Lipinski definition) is 2. The zero-order valence-electron chi connectivity index (χ0n) is 11.7. The van der Waals surface area contributed by atoms with E-state index in [0.717, 1.165) is 28.6 Å². The molecule has 19 heavy (non-hydrogen) atoms. The lowest BCUT2D eigenvalue weighted by atomic mass is 10.0. The minimum atomic E-state index is -0.874. The number of benzene rings is 1. The van der Waals surface area contributed by atoms with Crippen LogP contribution in [0.25, 0.3) is 10.9 Å². The average Bonchev–Trinajstić information content (AvgIpc) is 2.62. The smallest absolute Gasteiger partial charge is 0.338 e. The number of nitrogens with zero attached hydrogens (tertiary/aromatic N) is 1. The fourth-order valence-electron chi connectivity index (χ4n) is 2.87. The number of fused-ring (bicyclic) bond motifs is 1. The lowest BCUT2D eigenvalue weighted by molar-refractivity contribution is 0.0698. The van der Waals surface area contributed by atoms with E-state index in [1.165, 1.54) is 5.56 Å². The fraction of sp³-hybridized carbons (Fsp3) is 0.400. The summed E-state index contributed by atoms with van der Waals surface area (Å²) in [6.45, 7) is 7.11. The van der Waals surface area contributed by atoms with E-state index in [9.17, 15) is 9.90 Å². The van der Waals surface area contributed by atoms with E-state index in [-0.39, 0.29) is 0 Å². The van der Waals surface area contributed by atoms with Gasteiger partial charge >= 0.3 is 5.97 Å². The highest BCUT2D eigenvalue weighted by Crippen LogP contribution is 2.30. The molecule has 0 bridgehead atoms. The first kappa shape index (κ1) is 13.6. The molecule has 0 aliphatic rings. The summed E-state index contributed by atoms with van der Waals surface area (Å²) < 4.78 is 2.05. The Hall–Kier alpha value is -1.81. The molecule has 0 saturated heterocycles. The Morgan fingerprint density at radius 2 is 2.05 bits per heavy atom. The van der Waals surface area contributed by atoms with Gasteiger partial charge in [0.1, 0.15) is 0 Å². The second-order valence-electron chi connectivity index (χ2n) is 4.82. The molecule has 102 valence electrons. The van der Waals surface area contributed by atoms with Crippen molar-refractivity contribution in [1.29, 1.82) is 0 Å². The molecule has 0 fully saturated rings. The summed E-state index contributed by atoms with van der Waals surface area (Å²) in [5.41, 5.74) is 10.0. The third-order valence-electron chi connectivity index (χ3n) is 3.74. The molecule has 0 unspecified atom stereocenters. The molecule has 0 aliphatic carbocycles. The van der Waals surface area contributed by atoms with E-state index >= 15 is 0 Å². The Bertz CT molecular complexity index is 641. The van der Waals surface area contributed by atoms with Gasteiger partial charge in [0, 0.05) is 24.2 Å². The van der Waals surface area contributed by atoms with E-state index in [2.05, 4.69) is 6.92 Å². The number of aromatic nitrogens is 1. The largest absolute Gasteiger partial charge is 0.478 e. The third kappa shape index (κ3) is 2.02. The molecule has 0 radical (unpaired) electrons. The second-order valence-corrected chi connectivity index (χ2v) is 4.82. The van der Waals surface area contributed by atoms with Crippen LogP contribution < -0.4 is 5.73 Å². The Morgan fingerprint density at radius 1 is 1.37 bits per heavy atom. The van der Waals surface area contributed by atoms with E-state index in [1.807, 2.05) is 30.5 Å². The van der Waals surface area contributed by atoms with Crippen LogP contribution in [0.2, 0.25) is 0 Å². The molecular weight excluding hydrogens is 240 g/mol. The molecule has 0 aliphatic heterocycles. The molecular formula is C15H20N2O2. The molecule has 1 aromatic heterocycles. The summed E-state index contributed by atoms with van der Waals surface area (Å²) >= 11 is 0. The van der Waals surface area contributed by atoms with Crippen LogP contribution in [0.15, 0.2) is 12.1 Å². The number of hydrogen-bond acceptors (Lipinski definition) is 2. The van der Waals surface area contributed by atoms with Crippen molar-refractivity contribution < 1.29 is 9.90 Å². The molecule has 2 aromatic rings. The summed E-state index contributed by atoms with van der Waals surface area (Å²) in [6, 6.07) is 3.91. The van der Waals surface area contributed by atoms with E-state index < -0.39 is 5.97 Å². The molecule has 1 heterocycles. The maximum Gasteiger partial charge on any atom is 0.338 e. The number of rotatable bonds is 4. The SMILES string of the molecule is CCc1c(C)n(CCN)c2c(C(=O)O)c(C)ccc12. The zero-order valence-corrected chi connectivity index (χ0v) is 11.7. The van der Waals surface area contributed by atoms with Gasteiger partial charge in [-0.25, -0.2) is 4.79 Å². The Morgan fingerprint density at radius 3 is 2.58 bits per heavy atom. The van der Waals surface area contributed by atoms with Crippen LogP contribution in [0.4, 0.5) is 0 Å². The molecule has 4 heteroatoms. The van der Waals surface area contributed by atoms with Crippen LogP contribution in [0, 0.1) is 13.8 Å². The number of aryl methyl sites for hydroxylation is 2. The van der Waals surface area contributed by atoms with Crippen molar-refractivity contribution in [2.75, 3.05) is 6.54 Å². The average molecular weight is 260 g/mol. The molecule has 0 amide bonds. The van der Waals surface area contributed by atoms with Crippen molar-refractivity contribution in [2.24, 2.45) is 5.73 Å². The van der Waals surface area contributed by atoms with Crippen LogP contribution >= 0.6 is 0 Å². The first-order valence-electron chi connectivity index (χ1n) is 6.57. The summed E-state index contributed by atoms with van der Waals surface area (Å²) in [5.74, 6) is -0.874. The number of nitrogens with two attached hydrogens (primary N) is 1. The van der Waals surface area contributed by atoms with Gasteiger partial charge in [0.05, 0.1) is 11.1 Å². The van der Waals surface area contributed by atoms with Crippen molar-refractivity contribution in [1.82, 2.24) is 4.57 Å². The van der Waals surface area contributed by atoms with E-state index in [4.69, 9.17) is 5.73 Å². The molecule has 0 saturated carbocycles. The molecule has 3 N–H and O–H groups in total.